The average molecular weight is 245 g/mol. The number of nitrogens with zero attached hydrogens (tertiary/aromatic N) is 1. The molecule has 0 bridgehead atoms. The van der Waals surface area contributed by atoms with Crippen LogP contribution < -0.4 is 5.43 Å². The fourth-order valence-electron chi connectivity index (χ4n) is 1.58. The van der Waals surface area contributed by atoms with Crippen LogP contribution in [0.1, 0.15) is 5.56 Å². The van der Waals surface area contributed by atoms with Crippen LogP contribution in [0.2, 0.25) is 5.02 Å². The summed E-state index contributed by atoms with van der Waals surface area (Å²) in [6, 6.07) is 4.45. The van der Waals surface area contributed by atoms with E-state index >= 15 is 0 Å². The van der Waals surface area contributed by atoms with E-state index in [1.165, 1.54) is 12.1 Å². The standard InChI is InChI=1S/C11H14ClFN2O/c12-11-7-10(13)2-1-9(11)8-14-15-3-5-16-6-4-15/h1-2,7,14H,3-6,8H2. The SMILES string of the molecule is Fc1ccc(CNN2CCOCC2)c(Cl)c1. The molecular formula is C11H14ClFN2O. The predicted octanol–water partition coefficient (Wildman–Crippen LogP) is 1.82. The highest BCUT2D eigenvalue weighted by Gasteiger charge is 2.10. The molecule has 1 aliphatic rings. The smallest absolute Gasteiger partial charge is 0.124 e. The van der Waals surface area contributed by atoms with Crippen molar-refractivity contribution in [1.29, 1.82) is 0 Å². The van der Waals surface area contributed by atoms with E-state index in [0.29, 0.717) is 11.6 Å². The van der Waals surface area contributed by atoms with Crippen molar-refractivity contribution in [2.75, 3.05) is 26.3 Å². The zero-order valence-corrected chi connectivity index (χ0v) is 9.63. The van der Waals surface area contributed by atoms with Crippen LogP contribution in [0.5, 0.6) is 0 Å². The number of hydrazine groups is 1. The van der Waals surface area contributed by atoms with Gasteiger partial charge in [0.05, 0.1) is 13.2 Å². The Hall–Kier alpha value is -0.680. The van der Waals surface area contributed by atoms with Gasteiger partial charge in [0.1, 0.15) is 5.82 Å². The lowest BCUT2D eigenvalue weighted by Gasteiger charge is -2.27. The molecule has 0 aliphatic carbocycles. The lowest BCUT2D eigenvalue weighted by molar-refractivity contribution is 0.0106. The van der Waals surface area contributed by atoms with Crippen molar-refractivity contribution in [1.82, 2.24) is 10.4 Å². The van der Waals surface area contributed by atoms with Gasteiger partial charge in [0, 0.05) is 24.7 Å². The maximum atomic E-state index is 12.8. The molecule has 1 aromatic carbocycles. The van der Waals surface area contributed by atoms with Gasteiger partial charge in [-0.05, 0) is 17.7 Å². The van der Waals surface area contributed by atoms with Crippen LogP contribution in [-0.4, -0.2) is 31.3 Å². The molecule has 0 unspecified atom stereocenters. The first-order chi connectivity index (χ1) is 7.75. The number of benzene rings is 1. The summed E-state index contributed by atoms with van der Waals surface area (Å²) in [5.41, 5.74) is 4.14. The Morgan fingerprint density at radius 3 is 2.81 bits per heavy atom. The molecule has 0 spiro atoms. The fraction of sp³-hybridized carbons (Fsp3) is 0.455. The van der Waals surface area contributed by atoms with Crippen LogP contribution in [-0.2, 0) is 11.3 Å². The Labute approximate surface area is 99.1 Å². The van der Waals surface area contributed by atoms with E-state index < -0.39 is 0 Å². The van der Waals surface area contributed by atoms with Crippen LogP contribution in [0.4, 0.5) is 4.39 Å². The number of rotatable bonds is 3. The summed E-state index contributed by atoms with van der Waals surface area (Å²) in [7, 11) is 0. The third-order valence-electron chi connectivity index (χ3n) is 2.52. The van der Waals surface area contributed by atoms with Gasteiger partial charge in [0.15, 0.2) is 0 Å². The predicted molar refractivity (Wildman–Crippen MR) is 60.6 cm³/mol. The van der Waals surface area contributed by atoms with E-state index in [-0.39, 0.29) is 5.82 Å². The van der Waals surface area contributed by atoms with Gasteiger partial charge in [0.25, 0.3) is 0 Å². The highest BCUT2D eigenvalue weighted by atomic mass is 35.5. The Kier molecular flexibility index (Phi) is 4.12. The van der Waals surface area contributed by atoms with E-state index in [2.05, 4.69) is 10.4 Å². The number of halogens is 2. The third-order valence-corrected chi connectivity index (χ3v) is 2.87. The van der Waals surface area contributed by atoms with Crippen molar-refractivity contribution in [3.8, 4) is 0 Å². The Balaban J connectivity index is 1.88. The molecule has 3 nitrogen and oxygen atoms in total. The van der Waals surface area contributed by atoms with Crippen molar-refractivity contribution in [3.63, 3.8) is 0 Å². The number of hydrogen-bond donors (Lipinski definition) is 1. The maximum absolute atomic E-state index is 12.8. The average Bonchev–Trinajstić information content (AvgIpc) is 2.29. The molecule has 1 heterocycles. The number of morpholine rings is 1. The third kappa shape index (κ3) is 3.15. The molecule has 0 radical (unpaired) electrons. The van der Waals surface area contributed by atoms with E-state index in [0.717, 1.165) is 31.9 Å². The first kappa shape index (κ1) is 11.8. The van der Waals surface area contributed by atoms with Crippen LogP contribution in [0.15, 0.2) is 18.2 Å². The number of ether oxygens (including phenoxy) is 1. The number of nitrogens with one attached hydrogen (secondary N) is 1. The minimum atomic E-state index is -0.305. The lowest BCUT2D eigenvalue weighted by Crippen LogP contribution is -2.45. The molecular weight excluding hydrogens is 231 g/mol. The molecule has 16 heavy (non-hydrogen) atoms. The van der Waals surface area contributed by atoms with E-state index in [9.17, 15) is 4.39 Å². The topological polar surface area (TPSA) is 24.5 Å². The van der Waals surface area contributed by atoms with E-state index in [1.807, 2.05) is 0 Å². The molecule has 0 atom stereocenters. The van der Waals surface area contributed by atoms with Crippen molar-refractivity contribution in [3.05, 3.63) is 34.6 Å². The first-order valence-electron chi connectivity index (χ1n) is 5.26. The van der Waals surface area contributed by atoms with Gasteiger partial charge in [-0.2, -0.15) is 0 Å². The van der Waals surface area contributed by atoms with Gasteiger partial charge >= 0.3 is 0 Å². The normalized spacial score (nSPS) is 17.6. The molecule has 1 saturated heterocycles. The lowest BCUT2D eigenvalue weighted by atomic mass is 10.2. The van der Waals surface area contributed by atoms with E-state index in [4.69, 9.17) is 16.3 Å². The van der Waals surface area contributed by atoms with Crippen molar-refractivity contribution in [2.45, 2.75) is 6.54 Å². The van der Waals surface area contributed by atoms with Gasteiger partial charge in [-0.25, -0.2) is 9.40 Å². The van der Waals surface area contributed by atoms with Crippen molar-refractivity contribution < 1.29 is 9.13 Å². The maximum Gasteiger partial charge on any atom is 0.124 e. The molecule has 1 aliphatic heterocycles. The Morgan fingerprint density at radius 2 is 2.12 bits per heavy atom. The molecule has 2 rings (SSSR count). The van der Waals surface area contributed by atoms with Crippen molar-refractivity contribution >= 4 is 11.6 Å². The zero-order chi connectivity index (χ0) is 11.4. The van der Waals surface area contributed by atoms with Crippen LogP contribution >= 0.6 is 11.6 Å². The Bertz CT molecular complexity index is 356. The molecule has 1 N–H and O–H groups in total. The summed E-state index contributed by atoms with van der Waals surface area (Å²) in [6.45, 7) is 3.81. The molecule has 0 amide bonds. The summed E-state index contributed by atoms with van der Waals surface area (Å²) in [6.07, 6.45) is 0. The number of hydrogen-bond acceptors (Lipinski definition) is 3. The molecule has 5 heteroatoms. The summed E-state index contributed by atoms with van der Waals surface area (Å²) in [5, 5.41) is 2.55. The highest BCUT2D eigenvalue weighted by molar-refractivity contribution is 6.31. The largest absolute Gasteiger partial charge is 0.379 e. The van der Waals surface area contributed by atoms with Gasteiger partial charge in [-0.3, -0.25) is 5.43 Å². The summed E-state index contributed by atoms with van der Waals surface area (Å²) < 4.78 is 18.0. The molecule has 1 fully saturated rings. The zero-order valence-electron chi connectivity index (χ0n) is 8.88. The van der Waals surface area contributed by atoms with Crippen LogP contribution in [0, 0.1) is 5.82 Å². The minimum Gasteiger partial charge on any atom is -0.379 e. The van der Waals surface area contributed by atoms with Gasteiger partial charge in [-0.1, -0.05) is 17.7 Å². The second kappa shape index (κ2) is 5.59. The molecule has 1 aromatic rings. The molecule has 88 valence electrons. The second-order valence-corrected chi connectivity index (χ2v) is 4.08. The summed E-state index contributed by atoms with van der Waals surface area (Å²) in [4.78, 5) is 0. The molecule has 0 aromatic heterocycles. The van der Waals surface area contributed by atoms with Crippen LogP contribution in [0.3, 0.4) is 0 Å². The first-order valence-corrected chi connectivity index (χ1v) is 5.63. The summed E-state index contributed by atoms with van der Waals surface area (Å²) >= 11 is 5.92. The Morgan fingerprint density at radius 1 is 1.38 bits per heavy atom. The monoisotopic (exact) mass is 244 g/mol. The van der Waals surface area contributed by atoms with Crippen LogP contribution in [0.25, 0.3) is 0 Å². The van der Waals surface area contributed by atoms with Gasteiger partial charge < -0.3 is 4.74 Å². The highest BCUT2D eigenvalue weighted by Crippen LogP contribution is 2.16. The van der Waals surface area contributed by atoms with Gasteiger partial charge in [0.2, 0.25) is 0 Å². The quantitative estimate of drug-likeness (QED) is 0.878. The van der Waals surface area contributed by atoms with Crippen molar-refractivity contribution in [2.24, 2.45) is 0 Å². The van der Waals surface area contributed by atoms with E-state index in [1.54, 1.807) is 6.07 Å². The van der Waals surface area contributed by atoms with Gasteiger partial charge in [-0.15, -0.1) is 0 Å². The molecule has 0 saturated carbocycles. The second-order valence-electron chi connectivity index (χ2n) is 3.67. The summed E-state index contributed by atoms with van der Waals surface area (Å²) in [5.74, 6) is -0.305. The fourth-order valence-corrected chi connectivity index (χ4v) is 1.82. The minimum absolute atomic E-state index is 0.305.